The van der Waals surface area contributed by atoms with Crippen LogP contribution in [0.4, 0.5) is 0 Å². The molecule has 2 aliphatic rings. The number of likely N-dealkylation sites (tertiary alicyclic amines) is 1. The second kappa shape index (κ2) is 12.1. The van der Waals surface area contributed by atoms with Gasteiger partial charge in [0.25, 0.3) is 11.7 Å². The molecule has 0 bridgehead atoms. The van der Waals surface area contributed by atoms with E-state index < -0.39 is 17.7 Å². The number of carbonyl (C=O) groups is 2. The van der Waals surface area contributed by atoms with Crippen LogP contribution < -0.4 is 9.47 Å². The Bertz CT molecular complexity index is 1140. The largest absolute Gasteiger partial charge is 0.507 e. The number of ketones is 1. The molecular formula is C28H34N2O7. The summed E-state index contributed by atoms with van der Waals surface area (Å²) in [6.45, 7) is 6.26. The summed E-state index contributed by atoms with van der Waals surface area (Å²) in [6.07, 6.45) is 1.96. The van der Waals surface area contributed by atoms with Crippen LogP contribution in [0.5, 0.6) is 17.2 Å². The molecule has 37 heavy (non-hydrogen) atoms. The topological polar surface area (TPSA) is 109 Å². The molecule has 0 radical (unpaired) electrons. The van der Waals surface area contributed by atoms with E-state index in [2.05, 4.69) is 11.8 Å². The van der Waals surface area contributed by atoms with Gasteiger partial charge in [0, 0.05) is 31.7 Å². The van der Waals surface area contributed by atoms with Crippen LogP contribution >= 0.6 is 0 Å². The molecule has 1 amide bonds. The zero-order chi connectivity index (χ0) is 26.4. The molecule has 0 spiro atoms. The van der Waals surface area contributed by atoms with E-state index in [9.17, 15) is 19.8 Å². The normalized spacial score (nSPS) is 19.8. The lowest BCUT2D eigenvalue weighted by atomic mass is 9.95. The fraction of sp³-hybridized carbons (Fsp3) is 0.429. The van der Waals surface area contributed by atoms with E-state index in [1.807, 2.05) is 0 Å². The van der Waals surface area contributed by atoms with Gasteiger partial charge < -0.3 is 29.3 Å². The molecule has 2 aliphatic heterocycles. The van der Waals surface area contributed by atoms with Gasteiger partial charge in [-0.2, -0.15) is 0 Å². The minimum atomic E-state index is -0.837. The lowest BCUT2D eigenvalue weighted by Gasteiger charge is -2.31. The standard InChI is InChI=1S/C28H34N2O7/c1-3-4-15-37-21-8-5-19(6-9-21)26(32)24-25(20-7-10-22(31)23(18-20)35-2)30(28(34)27(24)33)12-11-29-13-16-36-17-14-29/h5-10,18,25,31-32H,3-4,11-17H2,1-2H3/b26-24+. The number of carbonyl (C=O) groups excluding carboxylic acids is 2. The number of phenols is 1. The van der Waals surface area contributed by atoms with E-state index in [1.54, 1.807) is 36.4 Å². The van der Waals surface area contributed by atoms with Gasteiger partial charge in [0.05, 0.1) is 38.5 Å². The summed E-state index contributed by atoms with van der Waals surface area (Å²) < 4.78 is 16.4. The Morgan fingerprint density at radius 3 is 2.49 bits per heavy atom. The van der Waals surface area contributed by atoms with E-state index in [4.69, 9.17) is 14.2 Å². The fourth-order valence-corrected chi connectivity index (χ4v) is 4.59. The summed E-state index contributed by atoms with van der Waals surface area (Å²) in [5.41, 5.74) is 0.959. The molecule has 1 unspecified atom stereocenters. The summed E-state index contributed by atoms with van der Waals surface area (Å²) in [7, 11) is 1.43. The SMILES string of the molecule is CCCCOc1ccc(/C(O)=C2\C(=O)C(=O)N(CCN3CCOCC3)C2c2ccc(O)c(OC)c2)cc1. The van der Waals surface area contributed by atoms with Crippen molar-refractivity contribution in [3.63, 3.8) is 0 Å². The second-order valence-electron chi connectivity index (χ2n) is 9.10. The van der Waals surface area contributed by atoms with Crippen molar-refractivity contribution in [3.8, 4) is 17.2 Å². The molecule has 2 aromatic carbocycles. The van der Waals surface area contributed by atoms with Crippen molar-refractivity contribution in [3.05, 3.63) is 59.2 Å². The van der Waals surface area contributed by atoms with E-state index in [0.29, 0.717) is 49.8 Å². The van der Waals surface area contributed by atoms with Gasteiger partial charge in [0.1, 0.15) is 11.5 Å². The van der Waals surface area contributed by atoms with Gasteiger partial charge in [-0.15, -0.1) is 0 Å². The lowest BCUT2D eigenvalue weighted by Crippen LogP contribution is -2.42. The van der Waals surface area contributed by atoms with Gasteiger partial charge in [-0.05, 0) is 48.4 Å². The Morgan fingerprint density at radius 1 is 1.08 bits per heavy atom. The van der Waals surface area contributed by atoms with Gasteiger partial charge in [-0.25, -0.2) is 0 Å². The van der Waals surface area contributed by atoms with Gasteiger partial charge in [0.15, 0.2) is 11.5 Å². The summed E-state index contributed by atoms with van der Waals surface area (Å²) >= 11 is 0. The van der Waals surface area contributed by atoms with E-state index in [0.717, 1.165) is 25.9 Å². The molecule has 2 heterocycles. The molecule has 2 saturated heterocycles. The van der Waals surface area contributed by atoms with Crippen LogP contribution in [0.25, 0.3) is 5.76 Å². The Balaban J connectivity index is 1.69. The molecule has 4 rings (SSSR count). The quantitative estimate of drug-likeness (QED) is 0.217. The van der Waals surface area contributed by atoms with Crippen LogP contribution in [0, 0.1) is 0 Å². The second-order valence-corrected chi connectivity index (χ2v) is 9.10. The summed E-state index contributed by atoms with van der Waals surface area (Å²) in [4.78, 5) is 30.2. The first-order chi connectivity index (χ1) is 17.9. The maximum atomic E-state index is 13.3. The van der Waals surface area contributed by atoms with Crippen molar-refractivity contribution < 1.29 is 34.0 Å². The highest BCUT2D eigenvalue weighted by Crippen LogP contribution is 2.41. The minimum absolute atomic E-state index is 0.000582. The predicted molar refractivity (Wildman–Crippen MR) is 138 cm³/mol. The highest BCUT2D eigenvalue weighted by atomic mass is 16.5. The minimum Gasteiger partial charge on any atom is -0.507 e. The number of ether oxygens (including phenoxy) is 3. The number of nitrogens with zero attached hydrogens (tertiary/aromatic N) is 2. The Labute approximate surface area is 216 Å². The van der Waals surface area contributed by atoms with Crippen LogP contribution in [-0.2, 0) is 14.3 Å². The highest BCUT2D eigenvalue weighted by molar-refractivity contribution is 6.46. The van der Waals surface area contributed by atoms with Crippen LogP contribution in [-0.4, -0.2) is 84.8 Å². The maximum Gasteiger partial charge on any atom is 0.295 e. The molecule has 0 saturated carbocycles. The number of amides is 1. The van der Waals surface area contributed by atoms with Gasteiger partial charge >= 0.3 is 0 Å². The summed E-state index contributed by atoms with van der Waals surface area (Å²) in [6, 6.07) is 10.7. The van der Waals surface area contributed by atoms with Crippen molar-refractivity contribution in [2.75, 3.05) is 53.1 Å². The van der Waals surface area contributed by atoms with E-state index in [1.165, 1.54) is 18.1 Å². The fourth-order valence-electron chi connectivity index (χ4n) is 4.59. The van der Waals surface area contributed by atoms with E-state index in [-0.39, 0.29) is 22.8 Å². The molecule has 9 nitrogen and oxygen atoms in total. The van der Waals surface area contributed by atoms with Gasteiger partial charge in [-0.1, -0.05) is 19.4 Å². The number of morpholine rings is 1. The Kier molecular flexibility index (Phi) is 8.68. The third-order valence-electron chi connectivity index (χ3n) is 6.71. The predicted octanol–water partition coefficient (Wildman–Crippen LogP) is 3.33. The zero-order valence-corrected chi connectivity index (χ0v) is 21.3. The van der Waals surface area contributed by atoms with Crippen LogP contribution in [0.15, 0.2) is 48.0 Å². The monoisotopic (exact) mass is 510 g/mol. The number of aliphatic hydroxyl groups is 1. The van der Waals surface area contributed by atoms with E-state index >= 15 is 0 Å². The molecule has 9 heteroatoms. The zero-order valence-electron chi connectivity index (χ0n) is 21.3. The molecule has 2 fully saturated rings. The molecule has 198 valence electrons. The molecule has 0 aromatic heterocycles. The molecule has 2 N–H and O–H groups in total. The smallest absolute Gasteiger partial charge is 0.295 e. The number of unbranched alkanes of at least 4 members (excludes halogenated alkanes) is 1. The number of hydrogen-bond acceptors (Lipinski definition) is 8. The lowest BCUT2D eigenvalue weighted by molar-refractivity contribution is -0.140. The van der Waals surface area contributed by atoms with Crippen molar-refractivity contribution in [1.29, 1.82) is 0 Å². The number of methoxy groups -OCH3 is 1. The van der Waals surface area contributed by atoms with Crippen molar-refractivity contribution in [2.45, 2.75) is 25.8 Å². The first-order valence-electron chi connectivity index (χ1n) is 12.6. The third kappa shape index (κ3) is 5.89. The highest BCUT2D eigenvalue weighted by Gasteiger charge is 2.46. The molecule has 1 atom stereocenters. The number of rotatable bonds is 10. The average molecular weight is 511 g/mol. The summed E-state index contributed by atoms with van der Waals surface area (Å²) in [5.74, 6) is -0.869. The molecule has 2 aromatic rings. The first-order valence-corrected chi connectivity index (χ1v) is 12.6. The van der Waals surface area contributed by atoms with Crippen LogP contribution in [0.1, 0.15) is 36.9 Å². The summed E-state index contributed by atoms with van der Waals surface area (Å²) in [5, 5.41) is 21.4. The number of aromatic hydroxyl groups is 1. The van der Waals surface area contributed by atoms with Gasteiger partial charge in [-0.3, -0.25) is 14.5 Å². The maximum absolute atomic E-state index is 13.3. The van der Waals surface area contributed by atoms with Crippen LogP contribution in [0.3, 0.4) is 0 Å². The third-order valence-corrected chi connectivity index (χ3v) is 6.71. The number of Topliss-reactive ketones (excluding diaryl/α,β-unsaturated/α-hetero) is 1. The average Bonchev–Trinajstić information content (AvgIpc) is 3.18. The number of hydrogen-bond donors (Lipinski definition) is 2. The molecule has 0 aliphatic carbocycles. The number of phenolic OH excluding ortho intramolecular Hbond substituents is 1. The van der Waals surface area contributed by atoms with Crippen molar-refractivity contribution in [2.24, 2.45) is 0 Å². The Morgan fingerprint density at radius 2 is 1.81 bits per heavy atom. The van der Waals surface area contributed by atoms with Crippen LogP contribution in [0.2, 0.25) is 0 Å². The number of aliphatic hydroxyl groups excluding tert-OH is 1. The van der Waals surface area contributed by atoms with Gasteiger partial charge in [0.2, 0.25) is 0 Å². The Hall–Kier alpha value is -3.56. The van der Waals surface area contributed by atoms with Crippen molar-refractivity contribution in [1.82, 2.24) is 9.80 Å². The van der Waals surface area contributed by atoms with Crippen molar-refractivity contribution >= 4 is 17.4 Å². The molecular weight excluding hydrogens is 476 g/mol. The number of benzene rings is 2. The first kappa shape index (κ1) is 26.5.